The van der Waals surface area contributed by atoms with Crippen LogP contribution in [0.5, 0.6) is 0 Å². The third-order valence-corrected chi connectivity index (χ3v) is 2.86. The predicted molar refractivity (Wildman–Crippen MR) is 58.0 cm³/mol. The first-order valence-electron chi connectivity index (χ1n) is 5.57. The molecular weight excluding hydrogens is 174 g/mol. The fraction of sp³-hybridized carbons (Fsp3) is 0.909. The number of hydrogen-bond acceptors (Lipinski definition) is 3. The minimum atomic E-state index is 0.451. The highest BCUT2D eigenvalue weighted by molar-refractivity contribution is 4.86. The molecule has 80 valence electrons. The molecule has 0 aromatic rings. The molecule has 0 saturated carbocycles. The van der Waals surface area contributed by atoms with E-state index in [4.69, 9.17) is 5.26 Å². The Morgan fingerprint density at radius 2 is 2.21 bits per heavy atom. The van der Waals surface area contributed by atoms with Gasteiger partial charge in [-0.25, -0.2) is 0 Å². The molecule has 0 radical (unpaired) electrons. The summed E-state index contributed by atoms with van der Waals surface area (Å²) >= 11 is 0. The van der Waals surface area contributed by atoms with E-state index in [2.05, 4.69) is 29.8 Å². The molecule has 1 rings (SSSR count). The summed E-state index contributed by atoms with van der Waals surface area (Å²) in [6.07, 6.45) is 3.09. The van der Waals surface area contributed by atoms with Gasteiger partial charge in [-0.3, -0.25) is 4.90 Å². The van der Waals surface area contributed by atoms with Crippen LogP contribution in [0.4, 0.5) is 0 Å². The van der Waals surface area contributed by atoms with Crippen LogP contribution in [0.2, 0.25) is 0 Å². The number of hydrogen-bond donors (Lipinski definition) is 0. The van der Waals surface area contributed by atoms with Crippen molar-refractivity contribution in [2.75, 3.05) is 33.2 Å². The summed E-state index contributed by atoms with van der Waals surface area (Å²) in [6, 6.07) is 2.76. The van der Waals surface area contributed by atoms with E-state index in [0.717, 1.165) is 19.6 Å². The Morgan fingerprint density at radius 1 is 1.43 bits per heavy atom. The Kier molecular flexibility index (Phi) is 4.92. The summed E-state index contributed by atoms with van der Waals surface area (Å²) in [5.41, 5.74) is 0. The lowest BCUT2D eigenvalue weighted by molar-refractivity contribution is 0.191. The number of rotatable bonds is 3. The van der Waals surface area contributed by atoms with Crippen LogP contribution < -0.4 is 0 Å². The molecule has 0 bridgehead atoms. The first kappa shape index (κ1) is 11.5. The maximum atomic E-state index is 8.79. The SMILES string of the molecule is CCCN1CCCN(C)CC1CC#N. The molecule has 1 heterocycles. The molecule has 3 heteroatoms. The van der Waals surface area contributed by atoms with Crippen LogP contribution in [0.3, 0.4) is 0 Å². The quantitative estimate of drug-likeness (QED) is 0.680. The Balaban J connectivity index is 2.55. The van der Waals surface area contributed by atoms with Gasteiger partial charge in [0, 0.05) is 12.6 Å². The van der Waals surface area contributed by atoms with Gasteiger partial charge in [-0.1, -0.05) is 6.92 Å². The average molecular weight is 195 g/mol. The van der Waals surface area contributed by atoms with Crippen molar-refractivity contribution < 1.29 is 0 Å². The van der Waals surface area contributed by atoms with Gasteiger partial charge in [-0.2, -0.15) is 5.26 Å². The zero-order valence-electron chi connectivity index (χ0n) is 9.37. The Bertz CT molecular complexity index is 197. The Hall–Kier alpha value is -0.590. The third-order valence-electron chi connectivity index (χ3n) is 2.86. The molecular formula is C11H21N3. The van der Waals surface area contributed by atoms with E-state index in [-0.39, 0.29) is 0 Å². The van der Waals surface area contributed by atoms with Crippen LogP contribution in [0.15, 0.2) is 0 Å². The molecule has 0 aromatic carbocycles. The summed E-state index contributed by atoms with van der Waals surface area (Å²) in [5, 5.41) is 8.79. The highest BCUT2D eigenvalue weighted by Gasteiger charge is 2.21. The predicted octanol–water partition coefficient (Wildman–Crippen LogP) is 1.32. The Morgan fingerprint density at radius 3 is 2.86 bits per heavy atom. The average Bonchev–Trinajstić information content (AvgIpc) is 2.31. The fourth-order valence-electron chi connectivity index (χ4n) is 2.17. The van der Waals surface area contributed by atoms with Gasteiger partial charge < -0.3 is 4.90 Å². The van der Waals surface area contributed by atoms with Crippen molar-refractivity contribution in [1.82, 2.24) is 9.80 Å². The second-order valence-corrected chi connectivity index (χ2v) is 4.17. The molecule has 1 unspecified atom stereocenters. The van der Waals surface area contributed by atoms with E-state index in [1.54, 1.807) is 0 Å². The standard InChI is InChI=1S/C11H21N3/c1-3-7-14-9-4-8-13(2)10-11(14)5-6-12/h11H,3-5,7-10H2,1-2H3. The van der Waals surface area contributed by atoms with Crippen LogP contribution in [0, 0.1) is 11.3 Å². The van der Waals surface area contributed by atoms with E-state index in [9.17, 15) is 0 Å². The zero-order valence-corrected chi connectivity index (χ0v) is 9.37. The van der Waals surface area contributed by atoms with Gasteiger partial charge in [-0.15, -0.1) is 0 Å². The summed E-state index contributed by atoms with van der Waals surface area (Å²) in [5.74, 6) is 0. The maximum absolute atomic E-state index is 8.79. The molecule has 1 saturated heterocycles. The van der Waals surface area contributed by atoms with Gasteiger partial charge in [0.2, 0.25) is 0 Å². The fourth-order valence-corrected chi connectivity index (χ4v) is 2.17. The van der Waals surface area contributed by atoms with Crippen molar-refractivity contribution >= 4 is 0 Å². The number of nitrogens with zero attached hydrogens (tertiary/aromatic N) is 3. The second kappa shape index (κ2) is 6.00. The smallest absolute Gasteiger partial charge is 0.0638 e. The molecule has 1 atom stereocenters. The molecule has 14 heavy (non-hydrogen) atoms. The van der Waals surface area contributed by atoms with Gasteiger partial charge in [0.1, 0.15) is 0 Å². The van der Waals surface area contributed by atoms with Gasteiger partial charge in [-0.05, 0) is 39.5 Å². The zero-order chi connectivity index (χ0) is 10.4. The lowest BCUT2D eigenvalue weighted by Crippen LogP contribution is -2.40. The topological polar surface area (TPSA) is 30.3 Å². The number of likely N-dealkylation sites (N-methyl/N-ethyl adjacent to an activating group) is 1. The maximum Gasteiger partial charge on any atom is 0.0638 e. The van der Waals surface area contributed by atoms with Gasteiger partial charge in [0.25, 0.3) is 0 Å². The van der Waals surface area contributed by atoms with Crippen molar-refractivity contribution in [2.45, 2.75) is 32.2 Å². The molecule has 0 aromatic heterocycles. The summed E-state index contributed by atoms with van der Waals surface area (Å²) < 4.78 is 0. The van der Waals surface area contributed by atoms with E-state index in [1.165, 1.54) is 19.4 Å². The third kappa shape index (κ3) is 3.28. The summed E-state index contributed by atoms with van der Waals surface area (Å²) in [6.45, 7) is 6.72. The molecule has 0 spiro atoms. The second-order valence-electron chi connectivity index (χ2n) is 4.17. The van der Waals surface area contributed by atoms with Gasteiger partial charge in [0.15, 0.2) is 0 Å². The highest BCUT2D eigenvalue weighted by Crippen LogP contribution is 2.11. The Labute approximate surface area is 87.3 Å². The van der Waals surface area contributed by atoms with Gasteiger partial charge in [0.05, 0.1) is 12.5 Å². The van der Waals surface area contributed by atoms with Crippen LogP contribution in [-0.4, -0.2) is 49.1 Å². The highest BCUT2D eigenvalue weighted by atomic mass is 15.2. The number of nitriles is 1. The molecule has 1 aliphatic heterocycles. The van der Waals surface area contributed by atoms with Crippen LogP contribution in [-0.2, 0) is 0 Å². The molecule has 0 N–H and O–H groups in total. The van der Waals surface area contributed by atoms with E-state index in [0.29, 0.717) is 12.5 Å². The van der Waals surface area contributed by atoms with Crippen LogP contribution >= 0.6 is 0 Å². The first-order chi connectivity index (χ1) is 6.77. The van der Waals surface area contributed by atoms with Crippen molar-refractivity contribution in [1.29, 1.82) is 5.26 Å². The normalized spacial score (nSPS) is 25.6. The molecule has 0 aliphatic carbocycles. The molecule has 3 nitrogen and oxygen atoms in total. The van der Waals surface area contributed by atoms with E-state index >= 15 is 0 Å². The largest absolute Gasteiger partial charge is 0.305 e. The van der Waals surface area contributed by atoms with Crippen LogP contribution in [0.25, 0.3) is 0 Å². The van der Waals surface area contributed by atoms with Crippen molar-refractivity contribution in [3.63, 3.8) is 0 Å². The van der Waals surface area contributed by atoms with Gasteiger partial charge >= 0.3 is 0 Å². The van der Waals surface area contributed by atoms with Crippen molar-refractivity contribution in [3.8, 4) is 6.07 Å². The summed E-state index contributed by atoms with van der Waals surface area (Å²) in [4.78, 5) is 4.82. The summed E-state index contributed by atoms with van der Waals surface area (Å²) in [7, 11) is 2.15. The minimum Gasteiger partial charge on any atom is -0.305 e. The molecule has 0 amide bonds. The van der Waals surface area contributed by atoms with E-state index < -0.39 is 0 Å². The lowest BCUT2D eigenvalue weighted by atomic mass is 10.1. The first-order valence-corrected chi connectivity index (χ1v) is 5.57. The van der Waals surface area contributed by atoms with Crippen molar-refractivity contribution in [2.24, 2.45) is 0 Å². The molecule has 1 aliphatic rings. The van der Waals surface area contributed by atoms with E-state index in [1.807, 2.05) is 0 Å². The van der Waals surface area contributed by atoms with Crippen molar-refractivity contribution in [3.05, 3.63) is 0 Å². The minimum absolute atomic E-state index is 0.451. The van der Waals surface area contributed by atoms with Crippen LogP contribution in [0.1, 0.15) is 26.2 Å². The molecule has 1 fully saturated rings. The lowest BCUT2D eigenvalue weighted by Gasteiger charge is -2.28. The monoisotopic (exact) mass is 195 g/mol.